The standard InChI is InChI=1S/C18H24N2O4S/c1-4-14-6-5-11-19(14)16(21)13-7-9-15(10-8-13)20-17(22)18(2,3)12-25(20,23)24/h7-10,14H,4-6,11-12H2,1-3H3. The monoisotopic (exact) mass is 364 g/mol. The maximum absolute atomic E-state index is 12.7. The summed E-state index contributed by atoms with van der Waals surface area (Å²) in [5.74, 6) is -0.671. The van der Waals surface area contributed by atoms with Crippen LogP contribution in [-0.2, 0) is 14.8 Å². The zero-order valence-electron chi connectivity index (χ0n) is 14.9. The van der Waals surface area contributed by atoms with Gasteiger partial charge in [-0.15, -0.1) is 0 Å². The second-order valence-electron chi connectivity index (χ2n) is 7.46. The Morgan fingerprint density at radius 1 is 1.24 bits per heavy atom. The first-order chi connectivity index (χ1) is 11.7. The molecule has 136 valence electrons. The lowest BCUT2D eigenvalue weighted by Gasteiger charge is -2.24. The van der Waals surface area contributed by atoms with Crippen LogP contribution < -0.4 is 4.31 Å². The van der Waals surface area contributed by atoms with Crippen LogP contribution in [0.4, 0.5) is 5.69 Å². The molecule has 1 aromatic rings. The van der Waals surface area contributed by atoms with Crippen molar-refractivity contribution in [2.24, 2.45) is 5.41 Å². The molecule has 2 heterocycles. The molecule has 1 aromatic carbocycles. The van der Waals surface area contributed by atoms with E-state index in [2.05, 4.69) is 6.92 Å². The summed E-state index contributed by atoms with van der Waals surface area (Å²) in [4.78, 5) is 27.0. The van der Waals surface area contributed by atoms with E-state index in [1.165, 1.54) is 0 Å². The molecule has 0 saturated carbocycles. The Morgan fingerprint density at radius 3 is 2.40 bits per heavy atom. The van der Waals surface area contributed by atoms with E-state index in [4.69, 9.17) is 0 Å². The highest BCUT2D eigenvalue weighted by molar-refractivity contribution is 7.94. The second kappa shape index (κ2) is 6.12. The van der Waals surface area contributed by atoms with Gasteiger partial charge in [0.15, 0.2) is 0 Å². The van der Waals surface area contributed by atoms with Gasteiger partial charge in [0.25, 0.3) is 5.91 Å². The lowest BCUT2D eigenvalue weighted by Crippen LogP contribution is -2.35. The van der Waals surface area contributed by atoms with E-state index in [1.54, 1.807) is 38.1 Å². The Labute approximate surface area is 148 Å². The summed E-state index contributed by atoms with van der Waals surface area (Å²) >= 11 is 0. The van der Waals surface area contributed by atoms with Gasteiger partial charge in [-0.2, -0.15) is 0 Å². The van der Waals surface area contributed by atoms with Crippen molar-refractivity contribution in [3.8, 4) is 0 Å². The summed E-state index contributed by atoms with van der Waals surface area (Å²) in [6, 6.07) is 6.57. The maximum Gasteiger partial charge on any atom is 0.254 e. The van der Waals surface area contributed by atoms with Crippen molar-refractivity contribution >= 4 is 27.5 Å². The molecule has 25 heavy (non-hydrogen) atoms. The van der Waals surface area contributed by atoms with E-state index in [9.17, 15) is 18.0 Å². The second-order valence-corrected chi connectivity index (χ2v) is 9.28. The summed E-state index contributed by atoms with van der Waals surface area (Å²) in [6.45, 7) is 6.09. The van der Waals surface area contributed by atoms with Gasteiger partial charge in [-0.3, -0.25) is 9.59 Å². The summed E-state index contributed by atoms with van der Waals surface area (Å²) < 4.78 is 25.5. The first kappa shape index (κ1) is 17.9. The molecule has 0 bridgehead atoms. The van der Waals surface area contributed by atoms with Gasteiger partial charge in [0, 0.05) is 18.2 Å². The molecular formula is C18H24N2O4S. The summed E-state index contributed by atoms with van der Waals surface area (Å²) in [6.07, 6.45) is 2.97. The summed E-state index contributed by atoms with van der Waals surface area (Å²) in [7, 11) is -3.67. The van der Waals surface area contributed by atoms with Gasteiger partial charge in [-0.05, 0) is 57.4 Å². The van der Waals surface area contributed by atoms with Crippen LogP contribution in [0.1, 0.15) is 50.4 Å². The molecule has 0 N–H and O–H groups in total. The third kappa shape index (κ3) is 3.05. The molecule has 0 radical (unpaired) electrons. The summed E-state index contributed by atoms with van der Waals surface area (Å²) in [5.41, 5.74) is -0.120. The largest absolute Gasteiger partial charge is 0.336 e. The lowest BCUT2D eigenvalue weighted by atomic mass is 9.95. The smallest absolute Gasteiger partial charge is 0.254 e. The van der Waals surface area contributed by atoms with Gasteiger partial charge in [0.1, 0.15) is 0 Å². The molecule has 2 fully saturated rings. The number of nitrogens with zero attached hydrogens (tertiary/aromatic N) is 2. The third-order valence-corrected chi connectivity index (χ3v) is 7.06. The summed E-state index contributed by atoms with van der Waals surface area (Å²) in [5, 5.41) is 0. The number of carbonyl (C=O) groups excluding carboxylic acids is 2. The van der Waals surface area contributed by atoms with Crippen molar-refractivity contribution in [2.75, 3.05) is 16.6 Å². The number of carbonyl (C=O) groups is 2. The van der Waals surface area contributed by atoms with Gasteiger partial charge in [-0.25, -0.2) is 12.7 Å². The molecule has 0 spiro atoms. The van der Waals surface area contributed by atoms with Crippen LogP contribution >= 0.6 is 0 Å². The van der Waals surface area contributed by atoms with Crippen LogP contribution in [0, 0.1) is 5.41 Å². The zero-order chi connectivity index (χ0) is 18.4. The Kier molecular flexibility index (Phi) is 4.39. The fraction of sp³-hybridized carbons (Fsp3) is 0.556. The minimum atomic E-state index is -3.67. The molecule has 6 nitrogen and oxygen atoms in total. The lowest BCUT2D eigenvalue weighted by molar-refractivity contribution is -0.123. The van der Waals surface area contributed by atoms with E-state index in [0.29, 0.717) is 11.3 Å². The van der Waals surface area contributed by atoms with Crippen LogP contribution in [-0.4, -0.2) is 43.5 Å². The molecule has 2 saturated heterocycles. The Morgan fingerprint density at radius 2 is 1.88 bits per heavy atom. The van der Waals surface area contributed by atoms with Crippen molar-refractivity contribution in [1.29, 1.82) is 0 Å². The molecule has 0 aliphatic carbocycles. The van der Waals surface area contributed by atoms with Crippen molar-refractivity contribution in [3.05, 3.63) is 29.8 Å². The number of hydrogen-bond donors (Lipinski definition) is 0. The number of likely N-dealkylation sites (tertiary alicyclic amines) is 1. The molecule has 1 unspecified atom stereocenters. The van der Waals surface area contributed by atoms with E-state index in [0.717, 1.165) is 30.1 Å². The molecule has 1 atom stereocenters. The predicted octanol–water partition coefficient (Wildman–Crippen LogP) is 2.40. The Bertz CT molecular complexity index is 799. The first-order valence-electron chi connectivity index (χ1n) is 8.66. The number of rotatable bonds is 3. The van der Waals surface area contributed by atoms with Crippen molar-refractivity contribution in [2.45, 2.75) is 46.1 Å². The number of anilines is 1. The highest BCUT2D eigenvalue weighted by Gasteiger charge is 2.49. The number of sulfonamides is 1. The zero-order valence-corrected chi connectivity index (χ0v) is 15.7. The van der Waals surface area contributed by atoms with E-state index >= 15 is 0 Å². The van der Waals surface area contributed by atoms with Gasteiger partial charge >= 0.3 is 0 Å². The third-order valence-electron chi connectivity index (χ3n) is 5.04. The van der Waals surface area contributed by atoms with Gasteiger partial charge in [-0.1, -0.05) is 6.92 Å². The van der Waals surface area contributed by atoms with E-state index < -0.39 is 21.3 Å². The maximum atomic E-state index is 12.7. The molecule has 2 aliphatic heterocycles. The molecular weight excluding hydrogens is 340 g/mol. The molecule has 7 heteroatoms. The van der Waals surface area contributed by atoms with Gasteiger partial charge in [0.2, 0.25) is 15.9 Å². The Balaban J connectivity index is 1.86. The van der Waals surface area contributed by atoms with Gasteiger partial charge < -0.3 is 4.90 Å². The molecule has 3 rings (SSSR count). The van der Waals surface area contributed by atoms with Crippen molar-refractivity contribution in [1.82, 2.24) is 4.90 Å². The highest BCUT2D eigenvalue weighted by atomic mass is 32.2. The fourth-order valence-electron chi connectivity index (χ4n) is 3.69. The Hall–Kier alpha value is -1.89. The highest BCUT2D eigenvalue weighted by Crippen LogP contribution is 2.35. The average Bonchev–Trinajstić information content (AvgIpc) is 3.07. The predicted molar refractivity (Wildman–Crippen MR) is 95.8 cm³/mol. The molecule has 2 aliphatic rings. The average molecular weight is 364 g/mol. The fourth-order valence-corrected chi connectivity index (χ4v) is 5.80. The van der Waals surface area contributed by atoms with Crippen LogP contribution in [0.2, 0.25) is 0 Å². The number of benzene rings is 1. The van der Waals surface area contributed by atoms with Crippen LogP contribution in [0.25, 0.3) is 0 Å². The first-order valence-corrected chi connectivity index (χ1v) is 10.3. The minimum absolute atomic E-state index is 0.0353. The van der Waals surface area contributed by atoms with Gasteiger partial charge in [0.05, 0.1) is 16.9 Å². The molecule has 0 aromatic heterocycles. The van der Waals surface area contributed by atoms with E-state index in [-0.39, 0.29) is 17.7 Å². The van der Waals surface area contributed by atoms with Crippen LogP contribution in [0.3, 0.4) is 0 Å². The number of amides is 2. The molecule has 2 amide bonds. The van der Waals surface area contributed by atoms with Crippen molar-refractivity contribution < 1.29 is 18.0 Å². The van der Waals surface area contributed by atoms with E-state index in [1.807, 2.05) is 4.90 Å². The normalized spacial score (nSPS) is 24.8. The quantitative estimate of drug-likeness (QED) is 0.825. The minimum Gasteiger partial charge on any atom is -0.336 e. The van der Waals surface area contributed by atoms with Crippen LogP contribution in [0.15, 0.2) is 24.3 Å². The topological polar surface area (TPSA) is 74.8 Å². The number of hydrogen-bond acceptors (Lipinski definition) is 4. The van der Waals surface area contributed by atoms with Crippen LogP contribution in [0.5, 0.6) is 0 Å². The SMILES string of the molecule is CCC1CCCN1C(=O)c1ccc(N2C(=O)C(C)(C)CS2(=O)=O)cc1. The van der Waals surface area contributed by atoms with Crippen molar-refractivity contribution in [3.63, 3.8) is 0 Å².